The fourth-order valence-corrected chi connectivity index (χ4v) is 2.58. The maximum Gasteiger partial charge on any atom is 0.319 e. The Morgan fingerprint density at radius 2 is 1.43 bits per heavy atom. The van der Waals surface area contributed by atoms with E-state index >= 15 is 0 Å². The van der Waals surface area contributed by atoms with E-state index in [0.29, 0.717) is 49.3 Å². The zero-order chi connectivity index (χ0) is 20.4. The van der Waals surface area contributed by atoms with E-state index < -0.39 is 0 Å². The largest absolute Gasteiger partial charge is 0.490 e. The van der Waals surface area contributed by atoms with Gasteiger partial charge in [0.2, 0.25) is 5.75 Å². The normalized spacial score (nSPS) is 10.3. The number of amides is 2. The molecule has 0 aromatic heterocycles. The second-order valence-corrected chi connectivity index (χ2v) is 5.88. The highest BCUT2D eigenvalue weighted by Crippen LogP contribution is 2.40. The monoisotopic (exact) mass is 388 g/mol. The molecule has 0 aliphatic carbocycles. The van der Waals surface area contributed by atoms with Gasteiger partial charge in [-0.3, -0.25) is 0 Å². The molecule has 152 valence electrons. The molecule has 3 N–H and O–H groups in total. The number of nitrogens with one attached hydrogen (secondary N) is 2. The molecular weight excluding hydrogens is 360 g/mol. The number of benzene rings is 2. The van der Waals surface area contributed by atoms with Crippen LogP contribution >= 0.6 is 0 Å². The molecule has 0 fully saturated rings. The quantitative estimate of drug-likeness (QED) is 0.578. The number of ether oxygens (including phenoxy) is 3. The number of hydrogen-bond donors (Lipinski definition) is 3. The van der Waals surface area contributed by atoms with Gasteiger partial charge < -0.3 is 30.0 Å². The lowest BCUT2D eigenvalue weighted by atomic mass is 10.1. The summed E-state index contributed by atoms with van der Waals surface area (Å²) in [4.78, 5) is 12.3. The smallest absolute Gasteiger partial charge is 0.319 e. The molecule has 0 aliphatic heterocycles. The lowest BCUT2D eigenvalue weighted by Crippen LogP contribution is -2.28. The van der Waals surface area contributed by atoms with Gasteiger partial charge in [-0.15, -0.1) is 0 Å². The summed E-state index contributed by atoms with van der Waals surface area (Å²) in [5.41, 5.74) is 2.31. The fourth-order valence-electron chi connectivity index (χ4n) is 2.58. The topological polar surface area (TPSA) is 89.1 Å². The molecular formula is C21H28N2O5. The molecule has 7 heteroatoms. The predicted molar refractivity (Wildman–Crippen MR) is 108 cm³/mol. The van der Waals surface area contributed by atoms with E-state index in [1.54, 1.807) is 12.1 Å². The van der Waals surface area contributed by atoms with Crippen LogP contribution in [0.4, 0.5) is 10.5 Å². The lowest BCUT2D eigenvalue weighted by molar-refractivity contribution is 0.251. The number of carbonyl (C=O) groups excluding carboxylic acids is 1. The average Bonchev–Trinajstić information content (AvgIpc) is 2.70. The first-order chi connectivity index (χ1) is 13.6. The summed E-state index contributed by atoms with van der Waals surface area (Å²) in [5.74, 6) is 1.57. The van der Waals surface area contributed by atoms with Crippen LogP contribution in [0.25, 0.3) is 0 Å². The van der Waals surface area contributed by atoms with Crippen LogP contribution in [0.2, 0.25) is 0 Å². The van der Waals surface area contributed by atoms with Crippen LogP contribution in [0, 0.1) is 0 Å². The van der Waals surface area contributed by atoms with Crippen molar-refractivity contribution in [2.45, 2.75) is 33.9 Å². The Morgan fingerprint density at radius 3 is 1.93 bits per heavy atom. The maximum atomic E-state index is 12.3. The van der Waals surface area contributed by atoms with Gasteiger partial charge in [0.15, 0.2) is 11.5 Å². The molecule has 2 aromatic rings. The summed E-state index contributed by atoms with van der Waals surface area (Å²) in [5, 5.41) is 14.7. The molecule has 28 heavy (non-hydrogen) atoms. The Hall–Kier alpha value is -2.93. The number of hydrogen-bond acceptors (Lipinski definition) is 5. The summed E-state index contributed by atoms with van der Waals surface area (Å²) >= 11 is 0. The third-order valence-electron chi connectivity index (χ3n) is 3.83. The Bertz CT molecular complexity index is 735. The Morgan fingerprint density at radius 1 is 0.893 bits per heavy atom. The van der Waals surface area contributed by atoms with E-state index in [0.717, 1.165) is 11.1 Å². The minimum atomic E-state index is -0.347. The van der Waals surface area contributed by atoms with Gasteiger partial charge in [-0.25, -0.2) is 4.79 Å². The fraction of sp³-hybridized carbons (Fsp3) is 0.381. The van der Waals surface area contributed by atoms with Crippen molar-refractivity contribution < 1.29 is 24.1 Å². The lowest BCUT2D eigenvalue weighted by Gasteiger charge is -2.17. The minimum Gasteiger partial charge on any atom is -0.490 e. The van der Waals surface area contributed by atoms with E-state index in [-0.39, 0.29) is 12.6 Å². The van der Waals surface area contributed by atoms with E-state index in [9.17, 15) is 4.79 Å². The molecule has 0 radical (unpaired) electrons. The van der Waals surface area contributed by atoms with E-state index in [1.807, 2.05) is 45.0 Å². The molecule has 2 rings (SSSR count). The summed E-state index contributed by atoms with van der Waals surface area (Å²) < 4.78 is 17.0. The van der Waals surface area contributed by atoms with Crippen LogP contribution in [-0.4, -0.2) is 31.0 Å². The van der Waals surface area contributed by atoms with E-state index in [2.05, 4.69) is 10.6 Å². The van der Waals surface area contributed by atoms with E-state index in [1.165, 1.54) is 0 Å². The molecule has 0 saturated carbocycles. The van der Waals surface area contributed by atoms with Crippen LogP contribution in [-0.2, 0) is 13.2 Å². The predicted octanol–water partition coefficient (Wildman–Crippen LogP) is 3.70. The number of anilines is 1. The van der Waals surface area contributed by atoms with E-state index in [4.69, 9.17) is 19.3 Å². The molecule has 0 saturated heterocycles. The zero-order valence-corrected chi connectivity index (χ0v) is 16.6. The second-order valence-electron chi connectivity index (χ2n) is 5.88. The van der Waals surface area contributed by atoms with Crippen molar-refractivity contribution in [3.8, 4) is 17.2 Å². The van der Waals surface area contributed by atoms with Crippen molar-refractivity contribution in [2.75, 3.05) is 25.1 Å². The summed E-state index contributed by atoms with van der Waals surface area (Å²) in [6.07, 6.45) is 0. The SMILES string of the molecule is CCOc1cc(NC(=O)NCc2ccc(CO)cc2)cc(OCC)c1OCC. The van der Waals surface area contributed by atoms with Crippen LogP contribution < -0.4 is 24.8 Å². The highest BCUT2D eigenvalue weighted by atomic mass is 16.5. The molecule has 0 bridgehead atoms. The zero-order valence-electron chi connectivity index (χ0n) is 16.6. The second kappa shape index (κ2) is 11.0. The van der Waals surface area contributed by atoms with Crippen molar-refractivity contribution in [2.24, 2.45) is 0 Å². The Balaban J connectivity index is 2.08. The summed E-state index contributed by atoms with van der Waals surface area (Å²) in [6.45, 7) is 7.41. The first-order valence-corrected chi connectivity index (χ1v) is 9.41. The van der Waals surface area contributed by atoms with Gasteiger partial charge >= 0.3 is 6.03 Å². The molecule has 2 amide bonds. The van der Waals surface area contributed by atoms with Crippen molar-refractivity contribution in [3.05, 3.63) is 47.5 Å². The summed E-state index contributed by atoms with van der Waals surface area (Å²) in [6, 6.07) is 10.5. The first kappa shape index (κ1) is 21.4. The number of carbonyl (C=O) groups is 1. The number of rotatable bonds is 10. The number of aliphatic hydroxyl groups is 1. The molecule has 0 atom stereocenters. The molecule has 7 nitrogen and oxygen atoms in total. The van der Waals surface area contributed by atoms with Gasteiger partial charge in [-0.05, 0) is 31.9 Å². The van der Waals surface area contributed by atoms with Crippen LogP contribution in [0.1, 0.15) is 31.9 Å². The standard InChI is InChI=1S/C21H28N2O5/c1-4-26-18-11-17(12-19(27-5-2)20(18)28-6-3)23-21(25)22-13-15-7-9-16(14-24)10-8-15/h7-12,24H,4-6,13-14H2,1-3H3,(H2,22,23,25). The van der Waals surface area contributed by atoms with Crippen molar-refractivity contribution in [1.82, 2.24) is 5.32 Å². The van der Waals surface area contributed by atoms with Gasteiger partial charge in [0.05, 0.1) is 32.1 Å². The average molecular weight is 388 g/mol. The van der Waals surface area contributed by atoms with Gasteiger partial charge in [-0.2, -0.15) is 0 Å². The van der Waals surface area contributed by atoms with Crippen molar-refractivity contribution in [1.29, 1.82) is 0 Å². The molecule has 0 spiro atoms. The highest BCUT2D eigenvalue weighted by Gasteiger charge is 2.16. The molecule has 0 aliphatic rings. The first-order valence-electron chi connectivity index (χ1n) is 9.41. The highest BCUT2D eigenvalue weighted by molar-refractivity contribution is 5.90. The van der Waals surface area contributed by atoms with Gasteiger partial charge in [-0.1, -0.05) is 24.3 Å². The van der Waals surface area contributed by atoms with Crippen LogP contribution in [0.3, 0.4) is 0 Å². The Labute approximate surface area is 165 Å². The third kappa shape index (κ3) is 6.06. The maximum absolute atomic E-state index is 12.3. The van der Waals surface area contributed by atoms with Crippen molar-refractivity contribution >= 4 is 11.7 Å². The molecule has 0 heterocycles. The van der Waals surface area contributed by atoms with Gasteiger partial charge in [0.1, 0.15) is 0 Å². The van der Waals surface area contributed by atoms with Crippen molar-refractivity contribution in [3.63, 3.8) is 0 Å². The van der Waals surface area contributed by atoms with Gasteiger partial charge in [0.25, 0.3) is 0 Å². The summed E-state index contributed by atoms with van der Waals surface area (Å²) in [7, 11) is 0. The van der Waals surface area contributed by atoms with Gasteiger partial charge in [0, 0.05) is 18.7 Å². The van der Waals surface area contributed by atoms with Crippen LogP contribution in [0.15, 0.2) is 36.4 Å². The minimum absolute atomic E-state index is 0.00371. The third-order valence-corrected chi connectivity index (χ3v) is 3.83. The Kier molecular flexibility index (Phi) is 8.42. The molecule has 0 unspecified atom stereocenters. The molecule has 2 aromatic carbocycles. The number of aliphatic hydroxyl groups excluding tert-OH is 1. The number of urea groups is 1. The van der Waals surface area contributed by atoms with Crippen LogP contribution in [0.5, 0.6) is 17.2 Å².